The number of nitrogens with two attached hydrogens (primary N) is 1. The van der Waals surface area contributed by atoms with Gasteiger partial charge in [-0.15, -0.1) is 0 Å². The fourth-order valence-electron chi connectivity index (χ4n) is 3.25. The van der Waals surface area contributed by atoms with Crippen molar-refractivity contribution in [2.45, 2.75) is 46.1 Å². The van der Waals surface area contributed by atoms with Gasteiger partial charge in [0.2, 0.25) is 0 Å². The minimum Gasteiger partial charge on any atom is -0.459 e. The van der Waals surface area contributed by atoms with Crippen molar-refractivity contribution >= 4 is 11.7 Å². The van der Waals surface area contributed by atoms with Gasteiger partial charge in [0, 0.05) is 5.69 Å². The van der Waals surface area contributed by atoms with Gasteiger partial charge in [0.25, 0.3) is 0 Å². The highest BCUT2D eigenvalue weighted by molar-refractivity contribution is 5.95. The topological polar surface area (TPSA) is 52.3 Å². The van der Waals surface area contributed by atoms with Crippen LogP contribution in [-0.4, -0.2) is 12.1 Å². The molecular weight excluding hydrogens is 238 g/mol. The van der Waals surface area contributed by atoms with Crippen LogP contribution >= 0.6 is 0 Å². The third-order valence-electron chi connectivity index (χ3n) is 3.80. The van der Waals surface area contributed by atoms with E-state index in [0.717, 1.165) is 12.8 Å². The number of hydrogen-bond acceptors (Lipinski definition) is 3. The predicted octanol–water partition coefficient (Wildman–Crippen LogP) is 3.64. The van der Waals surface area contributed by atoms with E-state index in [1.54, 1.807) is 18.2 Å². The number of benzene rings is 1. The third kappa shape index (κ3) is 3.49. The Morgan fingerprint density at radius 1 is 1.32 bits per heavy atom. The van der Waals surface area contributed by atoms with E-state index in [1.165, 1.54) is 6.42 Å². The van der Waals surface area contributed by atoms with Crippen LogP contribution in [0.5, 0.6) is 0 Å². The summed E-state index contributed by atoms with van der Waals surface area (Å²) in [7, 11) is 0. The van der Waals surface area contributed by atoms with Gasteiger partial charge in [-0.25, -0.2) is 4.79 Å². The van der Waals surface area contributed by atoms with Gasteiger partial charge in [-0.05, 0) is 42.7 Å². The largest absolute Gasteiger partial charge is 0.459 e. The molecule has 0 saturated heterocycles. The molecule has 0 aromatic heterocycles. The van der Waals surface area contributed by atoms with Gasteiger partial charge < -0.3 is 10.5 Å². The summed E-state index contributed by atoms with van der Waals surface area (Å²) in [4.78, 5) is 12.1. The van der Waals surface area contributed by atoms with E-state index in [4.69, 9.17) is 10.5 Å². The number of esters is 1. The summed E-state index contributed by atoms with van der Waals surface area (Å²) in [6.07, 6.45) is 3.07. The Balaban J connectivity index is 2.05. The zero-order chi connectivity index (χ0) is 14.0. The average Bonchev–Trinajstić information content (AvgIpc) is 2.26. The lowest BCUT2D eigenvalue weighted by Gasteiger charge is -2.38. The third-order valence-corrected chi connectivity index (χ3v) is 3.80. The Labute approximate surface area is 115 Å². The molecule has 1 aromatic rings. The Hall–Kier alpha value is -1.51. The van der Waals surface area contributed by atoms with Crippen molar-refractivity contribution < 1.29 is 9.53 Å². The molecular formula is C16H23NO2. The zero-order valence-electron chi connectivity index (χ0n) is 12.0. The first-order valence-electron chi connectivity index (χ1n) is 6.93. The van der Waals surface area contributed by atoms with Crippen LogP contribution < -0.4 is 5.73 Å². The van der Waals surface area contributed by atoms with Crippen LogP contribution in [0.3, 0.4) is 0 Å². The molecule has 0 amide bonds. The number of para-hydroxylation sites is 1. The first kappa shape index (κ1) is 13.9. The van der Waals surface area contributed by atoms with Gasteiger partial charge in [0.05, 0.1) is 5.56 Å². The van der Waals surface area contributed by atoms with E-state index in [0.29, 0.717) is 17.2 Å². The molecule has 1 aromatic carbocycles. The molecule has 19 heavy (non-hydrogen) atoms. The maximum Gasteiger partial charge on any atom is 0.340 e. The molecule has 104 valence electrons. The number of anilines is 1. The summed E-state index contributed by atoms with van der Waals surface area (Å²) < 4.78 is 5.65. The summed E-state index contributed by atoms with van der Waals surface area (Å²) in [5, 5.41) is 0. The van der Waals surface area contributed by atoms with Crippen molar-refractivity contribution in [1.29, 1.82) is 0 Å². The van der Waals surface area contributed by atoms with Crippen molar-refractivity contribution in [2.24, 2.45) is 11.3 Å². The minimum atomic E-state index is -0.298. The molecule has 1 saturated carbocycles. The molecule has 0 aliphatic heterocycles. The molecule has 0 radical (unpaired) electrons. The van der Waals surface area contributed by atoms with Gasteiger partial charge >= 0.3 is 5.97 Å². The van der Waals surface area contributed by atoms with Crippen molar-refractivity contribution in [3.8, 4) is 0 Å². The van der Waals surface area contributed by atoms with Crippen LogP contribution in [0.4, 0.5) is 5.69 Å². The molecule has 2 unspecified atom stereocenters. The number of hydrogen-bond donors (Lipinski definition) is 1. The zero-order valence-corrected chi connectivity index (χ0v) is 12.0. The van der Waals surface area contributed by atoms with E-state index < -0.39 is 0 Å². The fourth-order valence-corrected chi connectivity index (χ4v) is 3.25. The highest BCUT2D eigenvalue weighted by atomic mass is 16.5. The second-order valence-corrected chi connectivity index (χ2v) is 6.53. The summed E-state index contributed by atoms with van der Waals surface area (Å²) in [5.74, 6) is 0.294. The monoisotopic (exact) mass is 261 g/mol. The SMILES string of the molecule is CC1CC(OC(=O)c2ccccc2N)CC(C)(C)C1. The van der Waals surface area contributed by atoms with Crippen molar-refractivity contribution in [3.63, 3.8) is 0 Å². The van der Waals surface area contributed by atoms with E-state index in [2.05, 4.69) is 20.8 Å². The molecule has 3 heteroatoms. The van der Waals surface area contributed by atoms with Crippen LogP contribution in [0.25, 0.3) is 0 Å². The van der Waals surface area contributed by atoms with E-state index in [-0.39, 0.29) is 17.5 Å². The highest BCUT2D eigenvalue weighted by Crippen LogP contribution is 2.39. The molecule has 2 rings (SSSR count). The standard InChI is InChI=1S/C16H23NO2/c1-11-8-12(10-16(2,3)9-11)19-15(18)13-6-4-5-7-14(13)17/h4-7,11-12H,8-10,17H2,1-3H3. The molecule has 3 nitrogen and oxygen atoms in total. The Bertz CT molecular complexity index is 468. The minimum absolute atomic E-state index is 0.00542. The van der Waals surface area contributed by atoms with Gasteiger partial charge in [0.1, 0.15) is 6.10 Å². The lowest BCUT2D eigenvalue weighted by Crippen LogP contribution is -2.34. The van der Waals surface area contributed by atoms with Crippen molar-refractivity contribution in [3.05, 3.63) is 29.8 Å². The first-order chi connectivity index (χ1) is 8.87. The summed E-state index contributed by atoms with van der Waals surface area (Å²) in [6, 6.07) is 7.07. The quantitative estimate of drug-likeness (QED) is 0.653. The second-order valence-electron chi connectivity index (χ2n) is 6.53. The molecule has 0 heterocycles. The van der Waals surface area contributed by atoms with Gasteiger partial charge in [-0.2, -0.15) is 0 Å². The summed E-state index contributed by atoms with van der Waals surface area (Å²) >= 11 is 0. The van der Waals surface area contributed by atoms with Gasteiger partial charge in [-0.3, -0.25) is 0 Å². The second kappa shape index (κ2) is 5.24. The van der Waals surface area contributed by atoms with Crippen LogP contribution in [0, 0.1) is 11.3 Å². The lowest BCUT2D eigenvalue weighted by atomic mass is 9.71. The van der Waals surface area contributed by atoms with Crippen LogP contribution in [0.1, 0.15) is 50.4 Å². The number of carbonyl (C=O) groups excluding carboxylic acids is 1. The van der Waals surface area contributed by atoms with E-state index >= 15 is 0 Å². The van der Waals surface area contributed by atoms with E-state index in [1.807, 2.05) is 6.07 Å². The molecule has 2 atom stereocenters. The van der Waals surface area contributed by atoms with Crippen LogP contribution in [0.2, 0.25) is 0 Å². The number of nitrogen functional groups attached to an aromatic ring is 1. The molecule has 0 spiro atoms. The highest BCUT2D eigenvalue weighted by Gasteiger charge is 2.34. The van der Waals surface area contributed by atoms with Crippen LogP contribution in [-0.2, 0) is 4.74 Å². The maximum atomic E-state index is 12.1. The summed E-state index contributed by atoms with van der Waals surface area (Å²) in [6.45, 7) is 6.69. The Kier molecular flexibility index (Phi) is 3.83. The average molecular weight is 261 g/mol. The molecule has 1 aliphatic carbocycles. The Morgan fingerprint density at radius 3 is 2.63 bits per heavy atom. The predicted molar refractivity (Wildman–Crippen MR) is 76.9 cm³/mol. The lowest BCUT2D eigenvalue weighted by molar-refractivity contribution is -0.00704. The Morgan fingerprint density at radius 2 is 2.00 bits per heavy atom. The number of carbonyl (C=O) groups is 1. The smallest absolute Gasteiger partial charge is 0.340 e. The summed E-state index contributed by atoms with van der Waals surface area (Å²) in [5.41, 5.74) is 7.00. The number of rotatable bonds is 2. The number of ether oxygens (including phenoxy) is 1. The molecule has 2 N–H and O–H groups in total. The fraction of sp³-hybridized carbons (Fsp3) is 0.562. The maximum absolute atomic E-state index is 12.1. The van der Waals surface area contributed by atoms with E-state index in [9.17, 15) is 4.79 Å². The normalized spacial score (nSPS) is 25.8. The van der Waals surface area contributed by atoms with Gasteiger partial charge in [0.15, 0.2) is 0 Å². The van der Waals surface area contributed by atoms with Gasteiger partial charge in [-0.1, -0.05) is 32.9 Å². The molecule has 0 bridgehead atoms. The molecule has 1 fully saturated rings. The molecule has 1 aliphatic rings. The van der Waals surface area contributed by atoms with Crippen LogP contribution in [0.15, 0.2) is 24.3 Å². The van der Waals surface area contributed by atoms with Crippen molar-refractivity contribution in [2.75, 3.05) is 5.73 Å². The van der Waals surface area contributed by atoms with Crippen molar-refractivity contribution in [1.82, 2.24) is 0 Å². The first-order valence-corrected chi connectivity index (χ1v) is 6.93.